The van der Waals surface area contributed by atoms with Crippen LogP contribution in [0.2, 0.25) is 0 Å². The molecule has 0 saturated carbocycles. The first-order valence-electron chi connectivity index (χ1n) is 11.3. The first-order valence-corrected chi connectivity index (χ1v) is 11.3. The molecule has 164 valence electrons. The fourth-order valence-electron chi connectivity index (χ4n) is 4.54. The number of carbonyl (C=O) groups is 1. The lowest BCUT2D eigenvalue weighted by Gasteiger charge is -2.31. The van der Waals surface area contributed by atoms with E-state index in [1.807, 2.05) is 18.2 Å². The minimum absolute atomic E-state index is 0.0719. The van der Waals surface area contributed by atoms with Gasteiger partial charge < -0.3 is 4.74 Å². The van der Waals surface area contributed by atoms with Gasteiger partial charge in [0.25, 0.3) is 5.91 Å². The van der Waals surface area contributed by atoms with E-state index in [2.05, 4.69) is 49.9 Å². The fraction of sp³-hybridized carbons (Fsp3) is 0.462. The van der Waals surface area contributed by atoms with Crippen molar-refractivity contribution in [2.45, 2.75) is 46.1 Å². The topological polar surface area (TPSA) is 45.1 Å². The number of rotatable bonds is 5. The van der Waals surface area contributed by atoms with E-state index < -0.39 is 0 Å². The highest BCUT2D eigenvalue weighted by Crippen LogP contribution is 2.35. The van der Waals surface area contributed by atoms with Gasteiger partial charge >= 0.3 is 0 Å². The van der Waals surface area contributed by atoms with E-state index in [9.17, 15) is 4.79 Å². The number of carbonyl (C=O) groups excluding carboxylic acids is 1. The summed E-state index contributed by atoms with van der Waals surface area (Å²) in [5.74, 6) is 1.62. The van der Waals surface area contributed by atoms with Gasteiger partial charge in [-0.05, 0) is 75.0 Å². The molecule has 4 rings (SSSR count). The summed E-state index contributed by atoms with van der Waals surface area (Å²) in [6, 6.07) is 14.3. The number of hydrazone groups is 1. The van der Waals surface area contributed by atoms with Gasteiger partial charge in [-0.15, -0.1) is 0 Å². The maximum Gasteiger partial charge on any atom is 0.257 e. The molecule has 1 atom stereocenters. The molecule has 5 heteroatoms. The van der Waals surface area contributed by atoms with Gasteiger partial charge in [-0.2, -0.15) is 5.10 Å². The number of nitrogens with zero attached hydrogens (tertiary/aromatic N) is 3. The number of aryl methyl sites for hydroxylation is 2. The molecular formula is C26H33N3O2. The molecule has 1 saturated heterocycles. The molecule has 2 heterocycles. The molecule has 2 aliphatic heterocycles. The van der Waals surface area contributed by atoms with Crippen molar-refractivity contribution < 1.29 is 9.53 Å². The summed E-state index contributed by atoms with van der Waals surface area (Å²) < 4.78 is 5.44. The predicted molar refractivity (Wildman–Crippen MR) is 124 cm³/mol. The summed E-state index contributed by atoms with van der Waals surface area (Å²) in [5, 5.41) is 6.61. The number of piperidine rings is 1. The number of likely N-dealkylation sites (tertiary alicyclic amines) is 1. The first-order chi connectivity index (χ1) is 14.9. The van der Waals surface area contributed by atoms with Crippen LogP contribution >= 0.6 is 0 Å². The number of ether oxygens (including phenoxy) is 1. The van der Waals surface area contributed by atoms with Crippen LogP contribution in [0.1, 0.15) is 54.5 Å². The molecule has 2 aliphatic rings. The first kappa shape index (κ1) is 21.6. The lowest BCUT2D eigenvalue weighted by Crippen LogP contribution is -2.41. The number of methoxy groups -OCH3 is 1. The zero-order valence-corrected chi connectivity index (χ0v) is 19.1. The zero-order chi connectivity index (χ0) is 22.0. The van der Waals surface area contributed by atoms with Crippen molar-refractivity contribution in [1.82, 2.24) is 9.91 Å². The Bertz CT molecular complexity index is 976. The molecule has 0 N–H and O–H groups in total. The lowest BCUT2D eigenvalue weighted by molar-refractivity contribution is -0.134. The molecule has 1 amide bonds. The van der Waals surface area contributed by atoms with E-state index in [-0.39, 0.29) is 11.9 Å². The molecule has 5 nitrogen and oxygen atoms in total. The van der Waals surface area contributed by atoms with Crippen LogP contribution in [0.3, 0.4) is 0 Å². The van der Waals surface area contributed by atoms with E-state index >= 15 is 0 Å². The second kappa shape index (κ2) is 9.23. The Morgan fingerprint density at radius 1 is 1.13 bits per heavy atom. The molecule has 0 radical (unpaired) electrons. The van der Waals surface area contributed by atoms with Crippen LogP contribution < -0.4 is 4.74 Å². The average molecular weight is 420 g/mol. The largest absolute Gasteiger partial charge is 0.497 e. The minimum Gasteiger partial charge on any atom is -0.497 e. The third kappa shape index (κ3) is 4.82. The van der Waals surface area contributed by atoms with Crippen molar-refractivity contribution in [3.05, 3.63) is 64.7 Å². The SMILES string of the molecule is COc1cccc(C2CC(c3cc(C)ccc3C)=NN2C(=O)CN2CCC(C)CC2)c1. The van der Waals surface area contributed by atoms with Crippen LogP contribution in [0.15, 0.2) is 47.6 Å². The molecule has 0 aromatic heterocycles. The monoisotopic (exact) mass is 419 g/mol. The lowest BCUT2D eigenvalue weighted by atomic mass is 9.95. The molecule has 0 bridgehead atoms. The van der Waals surface area contributed by atoms with Gasteiger partial charge in [0.1, 0.15) is 5.75 Å². The van der Waals surface area contributed by atoms with E-state index in [1.54, 1.807) is 12.1 Å². The summed E-state index contributed by atoms with van der Waals surface area (Å²) in [6.45, 7) is 8.89. The Morgan fingerprint density at radius 2 is 1.90 bits per heavy atom. The van der Waals surface area contributed by atoms with Crippen molar-refractivity contribution in [3.63, 3.8) is 0 Å². The van der Waals surface area contributed by atoms with Crippen molar-refractivity contribution in [3.8, 4) is 5.75 Å². The Hall–Kier alpha value is -2.66. The molecule has 1 fully saturated rings. The van der Waals surface area contributed by atoms with Crippen LogP contribution in [0, 0.1) is 19.8 Å². The molecule has 2 aromatic carbocycles. The highest BCUT2D eigenvalue weighted by atomic mass is 16.5. The fourth-order valence-corrected chi connectivity index (χ4v) is 4.54. The summed E-state index contributed by atoms with van der Waals surface area (Å²) in [4.78, 5) is 15.7. The number of amides is 1. The minimum atomic E-state index is -0.110. The van der Waals surface area contributed by atoms with Crippen molar-refractivity contribution in [1.29, 1.82) is 0 Å². The summed E-state index contributed by atoms with van der Waals surface area (Å²) in [6.07, 6.45) is 3.02. The van der Waals surface area contributed by atoms with Crippen molar-refractivity contribution >= 4 is 11.6 Å². The maximum absolute atomic E-state index is 13.4. The Labute approximate surface area is 185 Å². The van der Waals surface area contributed by atoms with Gasteiger partial charge in [0, 0.05) is 12.0 Å². The summed E-state index contributed by atoms with van der Waals surface area (Å²) in [7, 11) is 1.67. The Balaban J connectivity index is 1.63. The van der Waals surface area contributed by atoms with Crippen LogP contribution in [0.4, 0.5) is 0 Å². The van der Waals surface area contributed by atoms with Crippen LogP contribution in [0.5, 0.6) is 5.75 Å². The van der Waals surface area contributed by atoms with Gasteiger partial charge in [0.05, 0.1) is 25.4 Å². The Morgan fingerprint density at radius 3 is 2.65 bits per heavy atom. The summed E-state index contributed by atoms with van der Waals surface area (Å²) >= 11 is 0. The van der Waals surface area contributed by atoms with Crippen molar-refractivity contribution in [2.75, 3.05) is 26.7 Å². The zero-order valence-electron chi connectivity index (χ0n) is 19.1. The second-order valence-corrected chi connectivity index (χ2v) is 9.06. The van der Waals surface area contributed by atoms with Gasteiger partial charge in [0.2, 0.25) is 0 Å². The predicted octanol–water partition coefficient (Wildman–Crippen LogP) is 4.72. The summed E-state index contributed by atoms with van der Waals surface area (Å²) in [5.41, 5.74) is 5.56. The highest BCUT2D eigenvalue weighted by molar-refractivity contribution is 6.04. The Kier molecular flexibility index (Phi) is 6.42. The highest BCUT2D eigenvalue weighted by Gasteiger charge is 2.34. The van der Waals surface area contributed by atoms with E-state index in [0.717, 1.165) is 54.4 Å². The average Bonchev–Trinajstić information content (AvgIpc) is 3.22. The number of benzene rings is 2. The van der Waals surface area contributed by atoms with Gasteiger partial charge in [-0.3, -0.25) is 9.69 Å². The quantitative estimate of drug-likeness (QED) is 0.704. The molecule has 0 spiro atoms. The second-order valence-electron chi connectivity index (χ2n) is 9.06. The van der Waals surface area contributed by atoms with E-state index in [0.29, 0.717) is 13.0 Å². The van der Waals surface area contributed by atoms with Crippen LogP contribution in [-0.4, -0.2) is 48.3 Å². The van der Waals surface area contributed by atoms with E-state index in [4.69, 9.17) is 9.84 Å². The standard InChI is InChI=1S/C26H33N3O2/c1-18-10-12-28(13-11-18)17-26(30)29-25(21-6-5-7-22(15-21)31-4)16-24(27-29)23-14-19(2)8-9-20(23)3/h5-9,14-15,18,25H,10-13,16-17H2,1-4H3. The van der Waals surface area contributed by atoms with Crippen LogP contribution in [-0.2, 0) is 4.79 Å². The number of hydrogen-bond acceptors (Lipinski definition) is 4. The normalized spacial score (nSPS) is 20.1. The molecule has 31 heavy (non-hydrogen) atoms. The molecule has 1 unspecified atom stereocenters. The molecular weight excluding hydrogens is 386 g/mol. The third-order valence-electron chi connectivity index (χ3n) is 6.58. The molecule has 0 aliphatic carbocycles. The van der Waals surface area contributed by atoms with E-state index in [1.165, 1.54) is 11.1 Å². The molecule has 2 aromatic rings. The smallest absolute Gasteiger partial charge is 0.257 e. The third-order valence-corrected chi connectivity index (χ3v) is 6.58. The van der Waals surface area contributed by atoms with Crippen LogP contribution in [0.25, 0.3) is 0 Å². The van der Waals surface area contributed by atoms with Crippen molar-refractivity contribution in [2.24, 2.45) is 11.0 Å². The maximum atomic E-state index is 13.4. The number of hydrogen-bond donors (Lipinski definition) is 0. The van der Waals surface area contributed by atoms with Gasteiger partial charge in [-0.1, -0.05) is 36.8 Å². The van der Waals surface area contributed by atoms with Gasteiger partial charge in [-0.25, -0.2) is 5.01 Å². The van der Waals surface area contributed by atoms with Gasteiger partial charge in [0.15, 0.2) is 0 Å².